The highest BCUT2D eigenvalue weighted by molar-refractivity contribution is 4.36. The average Bonchev–Trinajstić information content (AvgIpc) is 2.04. The Morgan fingerprint density at radius 3 is 2.20 bits per heavy atom. The Balaban J connectivity index is 0. The summed E-state index contributed by atoms with van der Waals surface area (Å²) in [5.41, 5.74) is 0. The van der Waals surface area contributed by atoms with Gasteiger partial charge in [-0.15, -0.1) is 9.60 Å². The van der Waals surface area contributed by atoms with E-state index in [1.165, 1.54) is 0 Å². The number of ether oxygens (including phenoxy) is 1. The van der Waals surface area contributed by atoms with E-state index in [4.69, 9.17) is 0 Å². The average molecular weight is 151 g/mol. The van der Waals surface area contributed by atoms with Gasteiger partial charge in [0.25, 0.3) is 0 Å². The van der Waals surface area contributed by atoms with E-state index < -0.39 is 0 Å². The van der Waals surface area contributed by atoms with E-state index in [0.29, 0.717) is 24.8 Å². The monoisotopic (exact) mass is 151 g/mol. The third-order valence-corrected chi connectivity index (χ3v) is 0.881. The predicted molar refractivity (Wildman–Crippen MR) is 41.6 cm³/mol. The molecule has 0 aliphatic carbocycles. The molecule has 0 saturated heterocycles. The van der Waals surface area contributed by atoms with Crippen LogP contribution < -0.4 is 0 Å². The van der Waals surface area contributed by atoms with Crippen LogP contribution in [-0.4, -0.2) is 31.9 Å². The Labute approximate surface area is 62.9 Å². The molecule has 0 fully saturated rings. The molecule has 0 aromatic carbocycles. The molecular weight excluding hydrogens is 133 g/mol. The molecule has 2 nitrogen and oxygen atoms in total. The summed E-state index contributed by atoms with van der Waals surface area (Å²) in [4.78, 5) is 0. The van der Waals surface area contributed by atoms with Crippen LogP contribution in [0.25, 0.3) is 0 Å². The quantitative estimate of drug-likeness (QED) is 0.569. The Hall–Kier alpha value is -0.150. The van der Waals surface area contributed by atoms with Crippen LogP contribution in [0.15, 0.2) is 0 Å². The zero-order valence-electron chi connectivity index (χ0n) is 7.35. The maximum absolute atomic E-state index is 12.1. The molecule has 10 heavy (non-hydrogen) atoms. The fourth-order valence-corrected chi connectivity index (χ4v) is 0.348. The van der Waals surface area contributed by atoms with Crippen molar-refractivity contribution in [3.63, 3.8) is 0 Å². The number of methoxy groups -OCH3 is 1. The van der Waals surface area contributed by atoms with Crippen molar-refractivity contribution in [1.82, 2.24) is 5.12 Å². The van der Waals surface area contributed by atoms with E-state index >= 15 is 0 Å². The van der Waals surface area contributed by atoms with Gasteiger partial charge in [0.2, 0.25) is 0 Å². The molecule has 0 heterocycles. The van der Waals surface area contributed by atoms with Crippen molar-refractivity contribution in [2.75, 3.05) is 26.8 Å². The lowest BCUT2D eigenvalue weighted by Crippen LogP contribution is -2.17. The van der Waals surface area contributed by atoms with Crippen molar-refractivity contribution in [2.24, 2.45) is 0 Å². The molecule has 0 saturated carbocycles. The van der Waals surface area contributed by atoms with Gasteiger partial charge in [-0.1, -0.05) is 13.8 Å². The van der Waals surface area contributed by atoms with Crippen molar-refractivity contribution in [3.05, 3.63) is 0 Å². The van der Waals surface area contributed by atoms with Crippen LogP contribution in [0.2, 0.25) is 0 Å². The molecule has 0 rings (SSSR count). The summed E-state index contributed by atoms with van der Waals surface area (Å²) in [5, 5.41) is 0.712. The molecule has 64 valence electrons. The maximum Gasteiger partial charge on any atom is 0.0615 e. The first kappa shape index (κ1) is 12.5. The van der Waals surface area contributed by atoms with E-state index in [0.717, 1.165) is 0 Å². The molecule has 0 amide bonds. The summed E-state index contributed by atoms with van der Waals surface area (Å²) >= 11 is 0. The van der Waals surface area contributed by atoms with E-state index in [-0.39, 0.29) is 0 Å². The first-order valence-electron chi connectivity index (χ1n) is 3.71. The summed E-state index contributed by atoms with van der Waals surface area (Å²) < 4.78 is 16.7. The van der Waals surface area contributed by atoms with Gasteiger partial charge in [0.1, 0.15) is 0 Å². The highest BCUT2D eigenvalue weighted by Gasteiger charge is 1.94. The third-order valence-electron chi connectivity index (χ3n) is 0.881. The van der Waals surface area contributed by atoms with Gasteiger partial charge in [0.05, 0.1) is 13.2 Å². The number of hydrogen-bond donors (Lipinski definition) is 0. The van der Waals surface area contributed by atoms with Gasteiger partial charge in [-0.2, -0.15) is 0 Å². The Morgan fingerprint density at radius 2 is 1.90 bits per heavy atom. The lowest BCUT2D eigenvalue weighted by molar-refractivity contribution is 0.00716. The third kappa shape index (κ3) is 10.8. The van der Waals surface area contributed by atoms with Crippen LogP contribution in [0.4, 0.5) is 4.48 Å². The van der Waals surface area contributed by atoms with Gasteiger partial charge in [-0.3, -0.25) is 0 Å². The van der Waals surface area contributed by atoms with Gasteiger partial charge in [-0.25, -0.2) is 0 Å². The SMILES string of the molecule is CC.CCN(F)CCOC. The van der Waals surface area contributed by atoms with Gasteiger partial charge in [-0.05, 0) is 6.92 Å². The normalized spacial score (nSPS) is 9.00. The van der Waals surface area contributed by atoms with Crippen LogP contribution >= 0.6 is 0 Å². The molecule has 0 aliphatic heterocycles. The van der Waals surface area contributed by atoms with Crippen LogP contribution in [-0.2, 0) is 4.74 Å². The Morgan fingerprint density at radius 1 is 1.40 bits per heavy atom. The molecule has 0 bridgehead atoms. The molecule has 0 radical (unpaired) electrons. The zero-order valence-corrected chi connectivity index (χ0v) is 7.35. The van der Waals surface area contributed by atoms with E-state index in [9.17, 15) is 4.48 Å². The minimum atomic E-state index is 0.368. The summed E-state index contributed by atoms with van der Waals surface area (Å²) in [6, 6.07) is 0. The van der Waals surface area contributed by atoms with E-state index in [2.05, 4.69) is 4.74 Å². The topological polar surface area (TPSA) is 12.5 Å². The number of likely N-dealkylation sites (N-methyl/N-ethyl adjacent to an activating group) is 1. The second kappa shape index (κ2) is 11.6. The minimum Gasteiger partial charge on any atom is -0.383 e. The van der Waals surface area contributed by atoms with Crippen molar-refractivity contribution >= 4 is 0 Å². The molecule has 0 N–H and O–H groups in total. The fraction of sp³-hybridized carbons (Fsp3) is 1.00. The Kier molecular flexibility index (Phi) is 14.6. The predicted octanol–water partition coefficient (Wildman–Crippen LogP) is 1.87. The molecule has 0 aromatic heterocycles. The largest absolute Gasteiger partial charge is 0.383 e. The van der Waals surface area contributed by atoms with Crippen LogP contribution in [0.5, 0.6) is 0 Å². The highest BCUT2D eigenvalue weighted by atomic mass is 19.2. The second-order valence-electron chi connectivity index (χ2n) is 1.50. The minimum absolute atomic E-state index is 0.368. The van der Waals surface area contributed by atoms with Gasteiger partial charge in [0, 0.05) is 13.7 Å². The molecule has 0 aromatic rings. The standard InChI is InChI=1S/C5H12FNO.C2H6/c1-3-7(6)4-5-8-2;1-2/h3-5H2,1-2H3;1-2H3. The van der Waals surface area contributed by atoms with Gasteiger partial charge >= 0.3 is 0 Å². The van der Waals surface area contributed by atoms with Crippen molar-refractivity contribution in [2.45, 2.75) is 20.8 Å². The Bertz CT molecular complexity index is 52.9. The van der Waals surface area contributed by atoms with Gasteiger partial charge in [0.15, 0.2) is 0 Å². The van der Waals surface area contributed by atoms with Crippen molar-refractivity contribution < 1.29 is 9.22 Å². The summed E-state index contributed by atoms with van der Waals surface area (Å²) in [5.74, 6) is 0. The molecule has 0 unspecified atom stereocenters. The molecule has 0 atom stereocenters. The highest BCUT2D eigenvalue weighted by Crippen LogP contribution is 1.85. The van der Waals surface area contributed by atoms with Gasteiger partial charge < -0.3 is 4.74 Å². The fourth-order valence-electron chi connectivity index (χ4n) is 0.348. The van der Waals surface area contributed by atoms with Crippen molar-refractivity contribution in [1.29, 1.82) is 0 Å². The lowest BCUT2D eigenvalue weighted by atomic mass is 10.6. The lowest BCUT2D eigenvalue weighted by Gasteiger charge is -2.05. The van der Waals surface area contributed by atoms with Crippen LogP contribution in [0.3, 0.4) is 0 Å². The number of hydrogen-bond acceptors (Lipinski definition) is 2. The number of nitrogens with zero attached hydrogens (tertiary/aromatic N) is 1. The molecule has 3 heteroatoms. The first-order valence-corrected chi connectivity index (χ1v) is 3.71. The van der Waals surface area contributed by atoms with E-state index in [1.807, 2.05) is 13.8 Å². The maximum atomic E-state index is 12.1. The van der Waals surface area contributed by atoms with Crippen molar-refractivity contribution in [3.8, 4) is 0 Å². The van der Waals surface area contributed by atoms with Crippen LogP contribution in [0.1, 0.15) is 20.8 Å². The van der Waals surface area contributed by atoms with Crippen LogP contribution in [0, 0.1) is 0 Å². The summed E-state index contributed by atoms with van der Waals surface area (Å²) in [6.45, 7) is 7.02. The summed E-state index contributed by atoms with van der Waals surface area (Å²) in [6.07, 6.45) is 0. The second-order valence-corrected chi connectivity index (χ2v) is 1.50. The molecular formula is C7H18FNO. The first-order chi connectivity index (χ1) is 4.81. The number of halogens is 1. The molecule has 0 aliphatic rings. The molecule has 0 spiro atoms. The van der Waals surface area contributed by atoms with E-state index in [1.54, 1.807) is 14.0 Å². The smallest absolute Gasteiger partial charge is 0.0615 e. The number of rotatable bonds is 4. The zero-order chi connectivity index (χ0) is 8.41. The summed E-state index contributed by atoms with van der Waals surface area (Å²) in [7, 11) is 1.56.